The van der Waals surface area contributed by atoms with Gasteiger partial charge in [-0.1, -0.05) is 56.3 Å². The highest BCUT2D eigenvalue weighted by molar-refractivity contribution is 5.99. The maximum Gasteiger partial charge on any atom is 0.254 e. The van der Waals surface area contributed by atoms with Crippen LogP contribution in [0.5, 0.6) is 0 Å². The third kappa shape index (κ3) is 4.56. The second-order valence-corrected chi connectivity index (χ2v) is 9.20. The molecular formula is C25H28N4O3. The van der Waals surface area contributed by atoms with Crippen LogP contribution in [0.1, 0.15) is 55.4 Å². The molecule has 1 aliphatic heterocycles. The second kappa shape index (κ2) is 8.57. The summed E-state index contributed by atoms with van der Waals surface area (Å²) in [5, 5.41) is 4.07. The maximum absolute atomic E-state index is 12.9. The van der Waals surface area contributed by atoms with Gasteiger partial charge in [0, 0.05) is 36.8 Å². The summed E-state index contributed by atoms with van der Waals surface area (Å²) >= 11 is 0. The number of hydrogen-bond acceptors (Lipinski definition) is 5. The Kier molecular flexibility index (Phi) is 5.82. The molecule has 2 aromatic carbocycles. The van der Waals surface area contributed by atoms with Crippen LogP contribution in [0.25, 0.3) is 11.4 Å². The van der Waals surface area contributed by atoms with Gasteiger partial charge < -0.3 is 14.3 Å². The summed E-state index contributed by atoms with van der Waals surface area (Å²) in [6, 6.07) is 15.3. The molecule has 166 valence electrons. The largest absolute Gasteiger partial charge is 0.337 e. The summed E-state index contributed by atoms with van der Waals surface area (Å²) < 4.78 is 5.38. The lowest BCUT2D eigenvalue weighted by atomic mass is 9.87. The summed E-state index contributed by atoms with van der Waals surface area (Å²) in [6.45, 7) is 7.38. The number of carbonyl (C=O) groups excluding carboxylic acids is 2. The molecule has 0 aliphatic carbocycles. The molecule has 7 heteroatoms. The van der Waals surface area contributed by atoms with Gasteiger partial charge in [0.2, 0.25) is 17.6 Å². The highest BCUT2D eigenvalue weighted by atomic mass is 16.5. The first-order valence-corrected chi connectivity index (χ1v) is 10.8. The number of amides is 2. The van der Waals surface area contributed by atoms with Crippen LogP contribution in [-0.2, 0) is 16.8 Å². The first kappa shape index (κ1) is 21.7. The summed E-state index contributed by atoms with van der Waals surface area (Å²) in [5.74, 6) is 0.780. The number of aromatic nitrogens is 2. The van der Waals surface area contributed by atoms with Crippen molar-refractivity contribution in [2.45, 2.75) is 45.6 Å². The average molecular weight is 433 g/mol. The fourth-order valence-electron chi connectivity index (χ4n) is 3.78. The number of benzene rings is 2. The number of rotatable bonds is 5. The van der Waals surface area contributed by atoms with Crippen molar-refractivity contribution in [3.05, 3.63) is 65.5 Å². The monoisotopic (exact) mass is 432 g/mol. The predicted molar refractivity (Wildman–Crippen MR) is 122 cm³/mol. The van der Waals surface area contributed by atoms with E-state index in [0.29, 0.717) is 30.2 Å². The molecule has 7 nitrogen and oxygen atoms in total. The minimum atomic E-state index is -0.173. The van der Waals surface area contributed by atoms with Crippen LogP contribution >= 0.6 is 0 Å². The van der Waals surface area contributed by atoms with Crippen molar-refractivity contribution in [3.8, 4) is 11.4 Å². The van der Waals surface area contributed by atoms with Crippen molar-refractivity contribution in [2.24, 2.45) is 0 Å². The molecule has 0 spiro atoms. The predicted octanol–water partition coefficient (Wildman–Crippen LogP) is 4.43. The molecule has 1 saturated heterocycles. The Balaban J connectivity index is 1.44. The van der Waals surface area contributed by atoms with Crippen molar-refractivity contribution < 1.29 is 14.1 Å². The molecule has 0 N–H and O–H groups in total. The number of nitrogens with zero attached hydrogens (tertiary/aromatic N) is 4. The Bertz CT molecular complexity index is 1130. The van der Waals surface area contributed by atoms with Gasteiger partial charge in [-0.05, 0) is 35.6 Å². The summed E-state index contributed by atoms with van der Waals surface area (Å²) in [4.78, 5) is 32.7. The van der Waals surface area contributed by atoms with Crippen LogP contribution < -0.4 is 4.90 Å². The van der Waals surface area contributed by atoms with E-state index in [1.807, 2.05) is 18.2 Å². The van der Waals surface area contributed by atoms with Crippen molar-refractivity contribution in [2.75, 3.05) is 18.5 Å². The summed E-state index contributed by atoms with van der Waals surface area (Å²) in [7, 11) is 1.69. The molecule has 2 amide bonds. The fourth-order valence-corrected chi connectivity index (χ4v) is 3.78. The Morgan fingerprint density at radius 3 is 2.56 bits per heavy atom. The lowest BCUT2D eigenvalue weighted by Crippen LogP contribution is -2.27. The number of anilines is 1. The third-order valence-corrected chi connectivity index (χ3v) is 5.67. The lowest BCUT2D eigenvalue weighted by Gasteiger charge is -2.19. The van der Waals surface area contributed by atoms with Gasteiger partial charge in [0.05, 0.1) is 6.54 Å². The minimum Gasteiger partial charge on any atom is -0.337 e. The summed E-state index contributed by atoms with van der Waals surface area (Å²) in [6.07, 6.45) is 1.39. The number of carbonyl (C=O) groups is 2. The number of hydrogen-bond donors (Lipinski definition) is 0. The smallest absolute Gasteiger partial charge is 0.254 e. The highest BCUT2D eigenvalue weighted by Crippen LogP contribution is 2.26. The van der Waals surface area contributed by atoms with E-state index in [1.165, 1.54) is 10.5 Å². The first-order chi connectivity index (χ1) is 15.2. The third-order valence-electron chi connectivity index (χ3n) is 5.67. The SMILES string of the molecule is CN(Cc1nc(-c2ccc(C(C)(C)C)cc2)no1)C(=O)c1cccc(N2CCCC2=O)c1. The first-order valence-electron chi connectivity index (χ1n) is 10.8. The van der Waals surface area contributed by atoms with Crippen molar-refractivity contribution in [1.29, 1.82) is 0 Å². The van der Waals surface area contributed by atoms with Gasteiger partial charge in [0.1, 0.15) is 0 Å². The van der Waals surface area contributed by atoms with Crippen LogP contribution in [0.4, 0.5) is 5.69 Å². The van der Waals surface area contributed by atoms with E-state index in [0.717, 1.165) is 17.7 Å². The lowest BCUT2D eigenvalue weighted by molar-refractivity contribution is -0.117. The van der Waals surface area contributed by atoms with Gasteiger partial charge in [0.25, 0.3) is 5.91 Å². The van der Waals surface area contributed by atoms with Crippen LogP contribution in [0.2, 0.25) is 0 Å². The molecule has 1 fully saturated rings. The quantitative estimate of drug-likeness (QED) is 0.596. The molecule has 0 unspecified atom stereocenters. The van der Waals surface area contributed by atoms with Crippen LogP contribution in [0.15, 0.2) is 53.1 Å². The Morgan fingerprint density at radius 2 is 1.91 bits per heavy atom. The Labute approximate surface area is 188 Å². The topological polar surface area (TPSA) is 79.5 Å². The van der Waals surface area contributed by atoms with Crippen molar-refractivity contribution in [1.82, 2.24) is 15.0 Å². The van der Waals surface area contributed by atoms with E-state index in [2.05, 4.69) is 43.0 Å². The minimum absolute atomic E-state index is 0.0728. The Hall–Kier alpha value is -3.48. The van der Waals surface area contributed by atoms with Gasteiger partial charge in [-0.25, -0.2) is 0 Å². The van der Waals surface area contributed by atoms with Gasteiger partial charge >= 0.3 is 0 Å². The molecule has 1 aliphatic rings. The second-order valence-electron chi connectivity index (χ2n) is 9.20. The van der Waals surface area contributed by atoms with E-state index >= 15 is 0 Å². The highest BCUT2D eigenvalue weighted by Gasteiger charge is 2.23. The zero-order valence-electron chi connectivity index (χ0n) is 19.0. The Morgan fingerprint density at radius 1 is 1.16 bits per heavy atom. The van der Waals surface area contributed by atoms with E-state index in [9.17, 15) is 9.59 Å². The molecule has 1 aromatic heterocycles. The molecule has 0 radical (unpaired) electrons. The molecule has 0 bridgehead atoms. The average Bonchev–Trinajstić information content (AvgIpc) is 3.41. The van der Waals surface area contributed by atoms with E-state index in [4.69, 9.17) is 4.52 Å². The van der Waals surface area contributed by atoms with Gasteiger partial charge in [-0.15, -0.1) is 0 Å². The zero-order valence-corrected chi connectivity index (χ0v) is 19.0. The zero-order chi connectivity index (χ0) is 22.9. The van der Waals surface area contributed by atoms with Gasteiger partial charge in [-0.3, -0.25) is 9.59 Å². The van der Waals surface area contributed by atoms with Crippen LogP contribution in [-0.4, -0.2) is 40.4 Å². The van der Waals surface area contributed by atoms with Crippen LogP contribution in [0, 0.1) is 0 Å². The molecule has 32 heavy (non-hydrogen) atoms. The van der Waals surface area contributed by atoms with Crippen molar-refractivity contribution in [3.63, 3.8) is 0 Å². The maximum atomic E-state index is 12.9. The normalized spacial score (nSPS) is 14.1. The standard InChI is InChI=1S/C25H28N4O3/c1-25(2,3)19-12-10-17(11-13-19)23-26-21(32-27-23)16-28(4)24(31)18-7-5-8-20(15-18)29-14-6-9-22(29)30/h5,7-8,10-13,15H,6,9,14,16H2,1-4H3. The molecule has 0 saturated carbocycles. The van der Waals surface area contributed by atoms with E-state index in [1.54, 1.807) is 30.1 Å². The van der Waals surface area contributed by atoms with Gasteiger partial charge in [-0.2, -0.15) is 4.98 Å². The molecule has 3 aromatic rings. The molecule has 2 heterocycles. The molecular weight excluding hydrogens is 404 g/mol. The molecule has 0 atom stereocenters. The van der Waals surface area contributed by atoms with E-state index < -0.39 is 0 Å². The van der Waals surface area contributed by atoms with E-state index in [-0.39, 0.29) is 23.8 Å². The van der Waals surface area contributed by atoms with Gasteiger partial charge in [0.15, 0.2) is 0 Å². The van der Waals surface area contributed by atoms with Crippen LogP contribution in [0.3, 0.4) is 0 Å². The summed E-state index contributed by atoms with van der Waals surface area (Å²) in [5.41, 5.74) is 3.44. The van der Waals surface area contributed by atoms with Crippen molar-refractivity contribution >= 4 is 17.5 Å². The fraction of sp³-hybridized carbons (Fsp3) is 0.360. The molecule has 4 rings (SSSR count).